The Morgan fingerprint density at radius 2 is 2.08 bits per heavy atom. The zero-order chi connectivity index (χ0) is 17.3. The number of aryl methyl sites for hydroxylation is 1. The number of nitrogens with two attached hydrogens (primary N) is 1. The second-order valence-electron chi connectivity index (χ2n) is 6.17. The lowest BCUT2D eigenvalue weighted by atomic mass is 9.94. The summed E-state index contributed by atoms with van der Waals surface area (Å²) >= 11 is 0. The van der Waals surface area contributed by atoms with Gasteiger partial charge in [0.15, 0.2) is 11.6 Å². The molecular weight excluding hydrogens is 306 g/mol. The predicted molar refractivity (Wildman–Crippen MR) is 94.0 cm³/mol. The van der Waals surface area contributed by atoms with Crippen molar-refractivity contribution in [2.75, 3.05) is 32.4 Å². The number of nitrogen functional groups attached to an aromatic ring is 1. The molecule has 1 saturated heterocycles. The minimum atomic E-state index is -0.457. The van der Waals surface area contributed by atoms with E-state index in [9.17, 15) is 4.39 Å². The van der Waals surface area contributed by atoms with Crippen molar-refractivity contribution in [2.24, 2.45) is 0 Å². The van der Waals surface area contributed by atoms with Crippen molar-refractivity contribution in [1.82, 2.24) is 14.9 Å². The van der Waals surface area contributed by atoms with Gasteiger partial charge in [-0.1, -0.05) is 6.92 Å². The lowest BCUT2D eigenvalue weighted by Gasteiger charge is -2.30. The third-order valence-corrected chi connectivity index (χ3v) is 4.81. The highest BCUT2D eigenvalue weighted by Crippen LogP contribution is 2.34. The van der Waals surface area contributed by atoms with E-state index in [0.29, 0.717) is 29.9 Å². The number of aromatic nitrogens is 2. The summed E-state index contributed by atoms with van der Waals surface area (Å²) in [6.07, 6.45) is 3.00. The van der Waals surface area contributed by atoms with Crippen molar-refractivity contribution < 1.29 is 9.13 Å². The summed E-state index contributed by atoms with van der Waals surface area (Å²) in [6, 6.07) is 1.83. The van der Waals surface area contributed by atoms with Crippen LogP contribution in [0.1, 0.15) is 37.1 Å². The summed E-state index contributed by atoms with van der Waals surface area (Å²) in [7, 11) is 7.15. The van der Waals surface area contributed by atoms with Crippen molar-refractivity contribution in [1.29, 1.82) is 0 Å². The fourth-order valence-corrected chi connectivity index (χ4v) is 3.34. The monoisotopic (exact) mass is 328 g/mol. The summed E-state index contributed by atoms with van der Waals surface area (Å²) in [5.41, 5.74) is 7.12. The van der Waals surface area contributed by atoms with Crippen LogP contribution in [0, 0.1) is 5.82 Å². The molecule has 2 N–H and O–H groups in total. The second kappa shape index (κ2) is 6.93. The van der Waals surface area contributed by atoms with Gasteiger partial charge in [0.2, 0.25) is 0 Å². The van der Waals surface area contributed by atoms with Gasteiger partial charge in [-0.3, -0.25) is 0 Å². The van der Waals surface area contributed by atoms with Gasteiger partial charge in [0.1, 0.15) is 17.2 Å². The lowest BCUT2D eigenvalue weighted by molar-refractivity contribution is 0.239. The molecule has 2 radical (unpaired) electrons. The molecule has 5 nitrogen and oxygen atoms in total. The van der Waals surface area contributed by atoms with E-state index in [1.54, 1.807) is 0 Å². The molecule has 1 aromatic carbocycles. The number of ether oxygens (including phenoxy) is 1. The number of halogens is 1. The van der Waals surface area contributed by atoms with Gasteiger partial charge in [0.05, 0.1) is 15.0 Å². The first kappa shape index (κ1) is 17.0. The molecule has 24 heavy (non-hydrogen) atoms. The maximum Gasteiger partial charge on any atom is 0.191 e. The van der Waals surface area contributed by atoms with Crippen LogP contribution in [0.4, 0.5) is 10.2 Å². The Bertz CT molecular complexity index is 747. The van der Waals surface area contributed by atoms with E-state index in [1.165, 1.54) is 7.11 Å². The molecule has 0 aliphatic carbocycles. The smallest absolute Gasteiger partial charge is 0.191 e. The quantitative estimate of drug-likeness (QED) is 0.872. The van der Waals surface area contributed by atoms with E-state index in [1.807, 2.05) is 13.0 Å². The largest absolute Gasteiger partial charge is 0.493 e. The number of piperidine rings is 1. The fraction of sp³-hybridized carbons (Fsp3) is 0.529. The van der Waals surface area contributed by atoms with E-state index in [0.717, 1.165) is 31.5 Å². The van der Waals surface area contributed by atoms with Gasteiger partial charge in [-0.05, 0) is 50.4 Å². The highest BCUT2D eigenvalue weighted by atomic mass is 19.1. The first-order chi connectivity index (χ1) is 11.6. The van der Waals surface area contributed by atoms with E-state index in [-0.39, 0.29) is 17.2 Å². The summed E-state index contributed by atoms with van der Waals surface area (Å²) in [4.78, 5) is 11.1. The van der Waals surface area contributed by atoms with Crippen LogP contribution in [-0.4, -0.2) is 49.4 Å². The van der Waals surface area contributed by atoms with Crippen molar-refractivity contribution in [3.05, 3.63) is 23.3 Å². The second-order valence-corrected chi connectivity index (χ2v) is 6.17. The Balaban J connectivity index is 2.05. The molecule has 0 spiro atoms. The van der Waals surface area contributed by atoms with Crippen LogP contribution in [-0.2, 0) is 6.42 Å². The highest BCUT2D eigenvalue weighted by Gasteiger charge is 2.24. The maximum absolute atomic E-state index is 14.9. The molecule has 1 aliphatic rings. The van der Waals surface area contributed by atoms with Crippen LogP contribution >= 0.6 is 0 Å². The van der Waals surface area contributed by atoms with Gasteiger partial charge in [0.25, 0.3) is 0 Å². The van der Waals surface area contributed by atoms with Gasteiger partial charge in [-0.2, -0.15) is 0 Å². The molecule has 2 heterocycles. The Labute approximate surface area is 142 Å². The summed E-state index contributed by atoms with van der Waals surface area (Å²) < 4.78 is 20.1. The van der Waals surface area contributed by atoms with Crippen molar-refractivity contribution in [3.63, 3.8) is 0 Å². The molecule has 0 saturated carbocycles. The van der Waals surface area contributed by atoms with Crippen LogP contribution < -0.4 is 10.5 Å². The molecular formula is C17H22BFN4O. The SMILES string of the molecule is [B]CN1CCC(c2nc(N)c3cc(CC)c(OC)c(F)c3n2)CC1. The zero-order valence-corrected chi connectivity index (χ0v) is 14.2. The molecule has 1 fully saturated rings. The van der Waals surface area contributed by atoms with Crippen molar-refractivity contribution in [2.45, 2.75) is 32.1 Å². The average Bonchev–Trinajstić information content (AvgIpc) is 2.62. The number of methoxy groups -OCH3 is 1. The van der Waals surface area contributed by atoms with E-state index in [4.69, 9.17) is 18.3 Å². The number of rotatable bonds is 4. The van der Waals surface area contributed by atoms with Gasteiger partial charge in [-0.15, -0.1) is 0 Å². The minimum absolute atomic E-state index is 0.177. The highest BCUT2D eigenvalue weighted by molar-refractivity contribution is 6.08. The maximum atomic E-state index is 14.9. The van der Waals surface area contributed by atoms with E-state index < -0.39 is 5.82 Å². The van der Waals surface area contributed by atoms with Crippen LogP contribution in [0.25, 0.3) is 10.9 Å². The fourth-order valence-electron chi connectivity index (χ4n) is 3.34. The van der Waals surface area contributed by atoms with Crippen molar-refractivity contribution >= 4 is 24.6 Å². The third-order valence-electron chi connectivity index (χ3n) is 4.81. The number of likely N-dealkylation sites (tertiary alicyclic amines) is 1. The average molecular weight is 328 g/mol. The minimum Gasteiger partial charge on any atom is -0.493 e. The van der Waals surface area contributed by atoms with Crippen LogP contribution in [0.5, 0.6) is 5.75 Å². The van der Waals surface area contributed by atoms with E-state index in [2.05, 4.69) is 14.9 Å². The number of hydrogen-bond acceptors (Lipinski definition) is 5. The zero-order valence-electron chi connectivity index (χ0n) is 14.2. The predicted octanol–water partition coefficient (Wildman–Crippen LogP) is 2.23. The molecule has 0 unspecified atom stereocenters. The molecule has 0 bridgehead atoms. The van der Waals surface area contributed by atoms with Gasteiger partial charge < -0.3 is 15.4 Å². The summed E-state index contributed by atoms with van der Waals surface area (Å²) in [5.74, 6) is 0.902. The van der Waals surface area contributed by atoms with Crippen LogP contribution in [0.3, 0.4) is 0 Å². The summed E-state index contributed by atoms with van der Waals surface area (Å²) in [5, 5.41) is 0.549. The molecule has 126 valence electrons. The van der Waals surface area contributed by atoms with Crippen molar-refractivity contribution in [3.8, 4) is 5.75 Å². The van der Waals surface area contributed by atoms with Gasteiger partial charge in [0, 0.05) is 11.3 Å². The van der Waals surface area contributed by atoms with Crippen LogP contribution in [0.2, 0.25) is 0 Å². The Morgan fingerprint density at radius 1 is 1.38 bits per heavy atom. The molecule has 0 atom stereocenters. The first-order valence-electron chi connectivity index (χ1n) is 8.33. The Kier molecular flexibility index (Phi) is 4.89. The summed E-state index contributed by atoms with van der Waals surface area (Å²) in [6.45, 7) is 3.73. The molecule has 1 aromatic heterocycles. The van der Waals surface area contributed by atoms with Crippen LogP contribution in [0.15, 0.2) is 6.07 Å². The van der Waals surface area contributed by atoms with E-state index >= 15 is 0 Å². The number of hydrogen-bond donors (Lipinski definition) is 1. The Hall–Kier alpha value is -1.89. The number of benzene rings is 1. The lowest BCUT2D eigenvalue weighted by Crippen LogP contribution is -2.34. The normalized spacial score (nSPS) is 16.6. The number of nitrogens with zero attached hydrogens (tertiary/aromatic N) is 3. The molecule has 7 heteroatoms. The number of anilines is 1. The number of fused-ring (bicyclic) bond motifs is 1. The topological polar surface area (TPSA) is 64.3 Å². The molecule has 3 rings (SSSR count). The third kappa shape index (κ3) is 2.93. The Morgan fingerprint density at radius 3 is 2.67 bits per heavy atom. The molecule has 2 aromatic rings. The molecule has 1 aliphatic heterocycles. The van der Waals surface area contributed by atoms with Gasteiger partial charge in [-0.25, -0.2) is 14.4 Å². The van der Waals surface area contributed by atoms with Gasteiger partial charge >= 0.3 is 0 Å². The first-order valence-corrected chi connectivity index (χ1v) is 8.33. The standard InChI is InChI=1S/C17H22BFN4O/c1-3-10-8-12-14(13(19)15(10)24-2)21-17(22-16(12)20)11-4-6-23(9-18)7-5-11/h8,11H,3-7,9H2,1-2H3,(H2,20,21,22). The molecule has 0 amide bonds.